The molecule has 1 saturated carbocycles. The normalized spacial score (nSPS) is 32.2. The molecular formula is C15H28N2O3. The molecule has 0 aromatic heterocycles. The van der Waals surface area contributed by atoms with E-state index in [0.717, 1.165) is 32.3 Å². The molecule has 5 unspecified atom stereocenters. The van der Waals surface area contributed by atoms with Gasteiger partial charge in [0.25, 0.3) is 0 Å². The second-order valence-corrected chi connectivity index (χ2v) is 6.44. The zero-order valence-corrected chi connectivity index (χ0v) is 12.6. The lowest BCUT2D eigenvalue weighted by atomic mass is 9.82. The van der Waals surface area contributed by atoms with E-state index in [0.29, 0.717) is 25.0 Å². The van der Waals surface area contributed by atoms with E-state index in [2.05, 4.69) is 10.6 Å². The molecule has 5 heteroatoms. The van der Waals surface area contributed by atoms with Crippen LogP contribution in [0.5, 0.6) is 0 Å². The van der Waals surface area contributed by atoms with Gasteiger partial charge in [0.15, 0.2) is 0 Å². The van der Waals surface area contributed by atoms with Crippen LogP contribution in [0.2, 0.25) is 0 Å². The Morgan fingerprint density at radius 1 is 1.35 bits per heavy atom. The van der Waals surface area contributed by atoms with Gasteiger partial charge in [-0.3, -0.25) is 0 Å². The molecule has 2 amide bonds. The Morgan fingerprint density at radius 3 is 2.90 bits per heavy atom. The van der Waals surface area contributed by atoms with Gasteiger partial charge < -0.3 is 20.5 Å². The van der Waals surface area contributed by atoms with Crippen LogP contribution in [0.15, 0.2) is 0 Å². The molecule has 0 aromatic rings. The van der Waals surface area contributed by atoms with Crippen LogP contribution in [0.1, 0.15) is 46.0 Å². The summed E-state index contributed by atoms with van der Waals surface area (Å²) >= 11 is 0. The van der Waals surface area contributed by atoms with Crippen molar-refractivity contribution in [3.8, 4) is 0 Å². The summed E-state index contributed by atoms with van der Waals surface area (Å²) in [5.41, 5.74) is 0. The average molecular weight is 284 g/mol. The lowest BCUT2D eigenvalue weighted by Gasteiger charge is -2.33. The van der Waals surface area contributed by atoms with Crippen LogP contribution in [-0.2, 0) is 4.74 Å². The highest BCUT2D eigenvalue weighted by Crippen LogP contribution is 2.34. The summed E-state index contributed by atoms with van der Waals surface area (Å²) in [5, 5.41) is 15.3. The van der Waals surface area contributed by atoms with Gasteiger partial charge in [-0.1, -0.05) is 6.92 Å². The van der Waals surface area contributed by atoms with Crippen molar-refractivity contribution >= 4 is 6.03 Å². The quantitative estimate of drug-likeness (QED) is 0.719. The van der Waals surface area contributed by atoms with Crippen LogP contribution in [0.4, 0.5) is 4.79 Å². The van der Waals surface area contributed by atoms with Gasteiger partial charge >= 0.3 is 6.03 Å². The standard InChI is InChI=1S/C15H28N2O3/c1-10(8-11(2)18)9-16-15(19)17-13-4-3-5-14-12(13)6-7-20-14/h10-14,18H,3-9H2,1-2H3,(H2,16,17,19). The van der Waals surface area contributed by atoms with E-state index in [-0.39, 0.29) is 24.1 Å². The molecule has 2 rings (SSSR count). The minimum absolute atomic E-state index is 0.0833. The Labute approximate surface area is 121 Å². The molecule has 5 atom stereocenters. The number of aliphatic hydroxyl groups is 1. The number of carbonyl (C=O) groups is 1. The number of hydrogen-bond donors (Lipinski definition) is 3. The Balaban J connectivity index is 1.71. The maximum atomic E-state index is 12.0. The Morgan fingerprint density at radius 2 is 2.15 bits per heavy atom. The molecule has 0 aromatic carbocycles. The van der Waals surface area contributed by atoms with Crippen molar-refractivity contribution in [2.24, 2.45) is 11.8 Å². The van der Waals surface area contributed by atoms with Crippen molar-refractivity contribution in [1.29, 1.82) is 0 Å². The van der Waals surface area contributed by atoms with E-state index in [4.69, 9.17) is 4.74 Å². The summed E-state index contributed by atoms with van der Waals surface area (Å²) in [5.74, 6) is 0.777. The lowest BCUT2D eigenvalue weighted by Crippen LogP contribution is -2.49. The van der Waals surface area contributed by atoms with Crippen molar-refractivity contribution in [1.82, 2.24) is 10.6 Å². The second kappa shape index (κ2) is 7.27. The molecule has 1 saturated heterocycles. The van der Waals surface area contributed by atoms with E-state index in [1.807, 2.05) is 6.92 Å². The number of carbonyl (C=O) groups excluding carboxylic acids is 1. The third-order valence-electron chi connectivity index (χ3n) is 4.45. The average Bonchev–Trinajstić information content (AvgIpc) is 2.85. The predicted molar refractivity (Wildman–Crippen MR) is 77.5 cm³/mol. The highest BCUT2D eigenvalue weighted by molar-refractivity contribution is 5.74. The number of aliphatic hydroxyl groups excluding tert-OH is 1. The van der Waals surface area contributed by atoms with Crippen molar-refractivity contribution in [2.75, 3.05) is 13.2 Å². The molecule has 1 heterocycles. The third-order valence-corrected chi connectivity index (χ3v) is 4.45. The topological polar surface area (TPSA) is 70.6 Å². The number of amides is 2. The van der Waals surface area contributed by atoms with E-state index in [9.17, 15) is 9.90 Å². The Bertz CT molecular complexity index is 322. The number of ether oxygens (including phenoxy) is 1. The second-order valence-electron chi connectivity index (χ2n) is 6.44. The fourth-order valence-corrected chi connectivity index (χ4v) is 3.51. The van der Waals surface area contributed by atoms with Gasteiger partial charge in [-0.15, -0.1) is 0 Å². The van der Waals surface area contributed by atoms with Crippen LogP contribution in [0, 0.1) is 11.8 Å². The van der Waals surface area contributed by atoms with Gasteiger partial charge in [-0.25, -0.2) is 4.79 Å². The summed E-state index contributed by atoms with van der Waals surface area (Å²) in [4.78, 5) is 12.0. The fourth-order valence-electron chi connectivity index (χ4n) is 3.51. The van der Waals surface area contributed by atoms with E-state index in [1.54, 1.807) is 6.92 Å². The first-order chi connectivity index (χ1) is 9.56. The summed E-state index contributed by atoms with van der Waals surface area (Å²) in [6, 6.07) is 0.170. The Kier molecular flexibility index (Phi) is 5.66. The van der Waals surface area contributed by atoms with Gasteiger partial charge in [0.1, 0.15) is 0 Å². The molecule has 2 fully saturated rings. The van der Waals surface area contributed by atoms with Crippen molar-refractivity contribution in [3.05, 3.63) is 0 Å². The zero-order chi connectivity index (χ0) is 14.5. The van der Waals surface area contributed by atoms with Crippen LogP contribution < -0.4 is 10.6 Å². The van der Waals surface area contributed by atoms with Gasteiger partial charge in [0.2, 0.25) is 0 Å². The van der Waals surface area contributed by atoms with Crippen LogP contribution >= 0.6 is 0 Å². The highest BCUT2D eigenvalue weighted by atomic mass is 16.5. The van der Waals surface area contributed by atoms with Crippen LogP contribution in [0.3, 0.4) is 0 Å². The van der Waals surface area contributed by atoms with Crippen molar-refractivity contribution in [3.63, 3.8) is 0 Å². The van der Waals surface area contributed by atoms with Gasteiger partial charge in [-0.2, -0.15) is 0 Å². The Hall–Kier alpha value is -0.810. The molecular weight excluding hydrogens is 256 g/mol. The van der Waals surface area contributed by atoms with Crippen LogP contribution in [-0.4, -0.2) is 42.5 Å². The molecule has 1 aliphatic heterocycles. The molecule has 0 spiro atoms. The number of hydrogen-bond acceptors (Lipinski definition) is 3. The van der Waals surface area contributed by atoms with Crippen molar-refractivity contribution < 1.29 is 14.6 Å². The lowest BCUT2D eigenvalue weighted by molar-refractivity contribution is 0.0549. The minimum atomic E-state index is -0.315. The molecule has 20 heavy (non-hydrogen) atoms. The maximum Gasteiger partial charge on any atom is 0.315 e. The largest absolute Gasteiger partial charge is 0.393 e. The molecule has 2 aliphatic rings. The van der Waals surface area contributed by atoms with Crippen molar-refractivity contribution in [2.45, 2.75) is 64.2 Å². The minimum Gasteiger partial charge on any atom is -0.393 e. The first-order valence-electron chi connectivity index (χ1n) is 7.90. The van der Waals surface area contributed by atoms with Crippen LogP contribution in [0.25, 0.3) is 0 Å². The molecule has 0 bridgehead atoms. The zero-order valence-electron chi connectivity index (χ0n) is 12.6. The monoisotopic (exact) mass is 284 g/mol. The smallest absolute Gasteiger partial charge is 0.315 e. The first-order valence-corrected chi connectivity index (χ1v) is 7.90. The van der Waals surface area contributed by atoms with Gasteiger partial charge in [-0.05, 0) is 44.9 Å². The van der Waals surface area contributed by atoms with E-state index in [1.165, 1.54) is 0 Å². The summed E-state index contributed by atoms with van der Waals surface area (Å²) in [6.45, 7) is 5.25. The summed E-state index contributed by atoms with van der Waals surface area (Å²) in [7, 11) is 0. The molecule has 0 radical (unpaired) electrons. The summed E-state index contributed by atoms with van der Waals surface area (Å²) < 4.78 is 5.71. The van der Waals surface area contributed by atoms with Gasteiger partial charge in [0.05, 0.1) is 12.2 Å². The number of nitrogens with one attached hydrogen (secondary N) is 2. The first kappa shape index (κ1) is 15.6. The van der Waals surface area contributed by atoms with E-state index < -0.39 is 0 Å². The molecule has 5 nitrogen and oxygen atoms in total. The van der Waals surface area contributed by atoms with E-state index >= 15 is 0 Å². The SMILES string of the molecule is CC(O)CC(C)CNC(=O)NC1CCCC2OCCC12. The number of rotatable bonds is 5. The third kappa shape index (κ3) is 4.35. The predicted octanol–water partition coefficient (Wildman–Crippen LogP) is 1.65. The van der Waals surface area contributed by atoms with Gasteiger partial charge in [0, 0.05) is 25.1 Å². The molecule has 116 valence electrons. The fraction of sp³-hybridized carbons (Fsp3) is 0.933. The molecule has 1 aliphatic carbocycles. The number of urea groups is 1. The summed E-state index contributed by atoms with van der Waals surface area (Å²) in [6.07, 6.45) is 5.13. The number of fused-ring (bicyclic) bond motifs is 1. The maximum absolute atomic E-state index is 12.0. The highest BCUT2D eigenvalue weighted by Gasteiger charge is 2.38. The molecule has 3 N–H and O–H groups in total.